The molecule has 4 rings (SSSR count). The molecule has 0 unspecified atom stereocenters. The van der Waals surface area contributed by atoms with Gasteiger partial charge < -0.3 is 0 Å². The molecule has 102 valence electrons. The molecule has 1 heterocycles. The van der Waals surface area contributed by atoms with E-state index in [1.54, 1.807) is 0 Å². The number of rotatable bonds is 1. The van der Waals surface area contributed by atoms with Crippen LogP contribution in [0.2, 0.25) is 0 Å². The SMILES string of the molecule is O=C1[C@@H]2[C@@H](C(=O)N1c1ccc(F)cc1F)[C@H]1C=C[C@H]2C1. The number of nitrogens with zero attached hydrogens (tertiary/aromatic N) is 1. The van der Waals surface area contributed by atoms with E-state index in [4.69, 9.17) is 0 Å². The summed E-state index contributed by atoms with van der Waals surface area (Å²) >= 11 is 0. The molecule has 0 N–H and O–H groups in total. The smallest absolute Gasteiger partial charge is 0.238 e. The molecular weight excluding hydrogens is 264 g/mol. The predicted molar refractivity (Wildman–Crippen MR) is 66.6 cm³/mol. The first kappa shape index (κ1) is 11.8. The average molecular weight is 275 g/mol. The molecule has 1 aromatic carbocycles. The van der Waals surface area contributed by atoms with Gasteiger partial charge in [-0.15, -0.1) is 0 Å². The lowest BCUT2D eigenvalue weighted by Gasteiger charge is -2.17. The maximum absolute atomic E-state index is 13.8. The standard InChI is InChI=1S/C15H11F2NO2/c16-9-3-4-11(10(17)6-9)18-14(19)12-7-1-2-8(5-7)13(12)15(18)20/h1-4,6-8,12-13H,5H2/t7-,8-,12-,13-/m0/s1. The van der Waals surface area contributed by atoms with Crippen LogP contribution in [-0.2, 0) is 9.59 Å². The van der Waals surface area contributed by atoms with Gasteiger partial charge in [-0.1, -0.05) is 12.2 Å². The zero-order valence-electron chi connectivity index (χ0n) is 10.4. The van der Waals surface area contributed by atoms with Crippen molar-refractivity contribution in [2.75, 3.05) is 4.90 Å². The molecule has 1 aliphatic heterocycles. The van der Waals surface area contributed by atoms with E-state index in [0.717, 1.165) is 23.5 Å². The summed E-state index contributed by atoms with van der Waals surface area (Å²) in [5, 5.41) is 0. The topological polar surface area (TPSA) is 37.4 Å². The lowest BCUT2D eigenvalue weighted by molar-refractivity contribution is -0.123. The predicted octanol–water partition coefficient (Wildman–Crippen LogP) is 2.28. The molecule has 3 nitrogen and oxygen atoms in total. The second kappa shape index (κ2) is 3.75. The Morgan fingerprint density at radius 1 is 1.00 bits per heavy atom. The van der Waals surface area contributed by atoms with Crippen LogP contribution in [0.4, 0.5) is 14.5 Å². The first-order valence-electron chi connectivity index (χ1n) is 6.59. The molecule has 1 saturated carbocycles. The summed E-state index contributed by atoms with van der Waals surface area (Å²) in [4.78, 5) is 25.8. The largest absolute Gasteiger partial charge is 0.274 e. The van der Waals surface area contributed by atoms with Gasteiger partial charge >= 0.3 is 0 Å². The number of halogens is 2. The van der Waals surface area contributed by atoms with Crippen LogP contribution in [-0.4, -0.2) is 11.8 Å². The molecule has 1 aromatic rings. The van der Waals surface area contributed by atoms with E-state index in [1.165, 1.54) is 0 Å². The summed E-state index contributed by atoms with van der Waals surface area (Å²) in [5.41, 5.74) is -0.143. The van der Waals surface area contributed by atoms with Gasteiger partial charge in [0.05, 0.1) is 17.5 Å². The zero-order chi connectivity index (χ0) is 14.0. The Morgan fingerprint density at radius 3 is 2.15 bits per heavy atom. The first-order chi connectivity index (χ1) is 9.58. The summed E-state index contributed by atoms with van der Waals surface area (Å²) in [5.74, 6) is -2.92. The second-order valence-corrected chi connectivity index (χ2v) is 5.61. The molecule has 0 radical (unpaired) electrons. The summed E-state index contributed by atoms with van der Waals surface area (Å²) in [7, 11) is 0. The molecule has 5 heteroatoms. The zero-order valence-corrected chi connectivity index (χ0v) is 10.4. The third-order valence-electron chi connectivity index (χ3n) is 4.62. The van der Waals surface area contributed by atoms with Gasteiger partial charge in [0, 0.05) is 6.07 Å². The fourth-order valence-electron chi connectivity index (χ4n) is 3.80. The summed E-state index contributed by atoms with van der Waals surface area (Å²) in [6.07, 6.45) is 4.77. The van der Waals surface area contributed by atoms with Gasteiger partial charge in [-0.05, 0) is 30.4 Å². The van der Waals surface area contributed by atoms with Crippen LogP contribution in [0.1, 0.15) is 6.42 Å². The minimum absolute atomic E-state index is 0.0787. The Labute approximate surface area is 113 Å². The van der Waals surface area contributed by atoms with E-state index in [1.807, 2.05) is 12.2 Å². The van der Waals surface area contributed by atoms with Crippen molar-refractivity contribution in [2.45, 2.75) is 6.42 Å². The maximum atomic E-state index is 13.8. The molecule has 2 amide bonds. The molecule has 3 aliphatic rings. The number of carbonyl (C=O) groups excluding carboxylic acids is 2. The fourth-order valence-corrected chi connectivity index (χ4v) is 3.80. The highest BCUT2D eigenvalue weighted by molar-refractivity contribution is 6.22. The molecular formula is C15H11F2NO2. The highest BCUT2D eigenvalue weighted by atomic mass is 19.1. The highest BCUT2D eigenvalue weighted by Gasteiger charge is 2.59. The van der Waals surface area contributed by atoms with Crippen molar-refractivity contribution < 1.29 is 18.4 Å². The molecule has 0 spiro atoms. The Kier molecular flexibility index (Phi) is 2.20. The minimum atomic E-state index is -0.882. The molecule has 4 atom stereocenters. The number of anilines is 1. The lowest BCUT2D eigenvalue weighted by Crippen LogP contribution is -2.33. The Balaban J connectivity index is 1.78. The normalized spacial score (nSPS) is 34.2. The molecule has 0 aromatic heterocycles. The molecule has 2 aliphatic carbocycles. The van der Waals surface area contributed by atoms with Crippen molar-refractivity contribution in [1.29, 1.82) is 0 Å². The number of amides is 2. The second-order valence-electron chi connectivity index (χ2n) is 5.61. The Hall–Kier alpha value is -2.04. The lowest BCUT2D eigenvalue weighted by atomic mass is 9.85. The first-order valence-corrected chi connectivity index (χ1v) is 6.59. The van der Waals surface area contributed by atoms with Gasteiger partial charge in [0.2, 0.25) is 11.8 Å². The van der Waals surface area contributed by atoms with Crippen LogP contribution in [0, 0.1) is 35.3 Å². The van der Waals surface area contributed by atoms with Crippen molar-refractivity contribution in [3.63, 3.8) is 0 Å². The van der Waals surface area contributed by atoms with E-state index in [0.29, 0.717) is 6.07 Å². The van der Waals surface area contributed by atoms with E-state index in [-0.39, 0.29) is 41.2 Å². The van der Waals surface area contributed by atoms with Gasteiger partial charge in [-0.3, -0.25) is 9.59 Å². The minimum Gasteiger partial charge on any atom is -0.274 e. The molecule has 20 heavy (non-hydrogen) atoms. The summed E-state index contributed by atoms with van der Waals surface area (Å²) in [6.45, 7) is 0. The Morgan fingerprint density at radius 2 is 1.60 bits per heavy atom. The molecule has 2 bridgehead atoms. The highest BCUT2D eigenvalue weighted by Crippen LogP contribution is 2.53. The third-order valence-corrected chi connectivity index (χ3v) is 4.62. The number of fused-ring (bicyclic) bond motifs is 5. The van der Waals surface area contributed by atoms with Crippen molar-refractivity contribution >= 4 is 17.5 Å². The van der Waals surface area contributed by atoms with Crippen LogP contribution in [0.25, 0.3) is 0 Å². The maximum Gasteiger partial charge on any atom is 0.238 e. The number of allylic oxidation sites excluding steroid dienone is 2. The fraction of sp³-hybridized carbons (Fsp3) is 0.333. The van der Waals surface area contributed by atoms with Crippen LogP contribution < -0.4 is 4.90 Å². The van der Waals surface area contributed by atoms with E-state index < -0.39 is 11.6 Å². The van der Waals surface area contributed by atoms with E-state index in [9.17, 15) is 18.4 Å². The third kappa shape index (κ3) is 1.32. The van der Waals surface area contributed by atoms with Crippen molar-refractivity contribution in [3.8, 4) is 0 Å². The Bertz CT molecular complexity index is 640. The number of hydrogen-bond acceptors (Lipinski definition) is 2. The number of benzene rings is 1. The van der Waals surface area contributed by atoms with Gasteiger partial charge in [-0.2, -0.15) is 0 Å². The number of hydrogen-bond donors (Lipinski definition) is 0. The van der Waals surface area contributed by atoms with E-state index in [2.05, 4.69) is 0 Å². The van der Waals surface area contributed by atoms with Gasteiger partial charge in [0.25, 0.3) is 0 Å². The number of carbonyl (C=O) groups is 2. The van der Waals surface area contributed by atoms with E-state index >= 15 is 0 Å². The average Bonchev–Trinajstić information content (AvgIpc) is 3.06. The monoisotopic (exact) mass is 275 g/mol. The van der Waals surface area contributed by atoms with Gasteiger partial charge in [0.15, 0.2) is 0 Å². The number of imide groups is 1. The van der Waals surface area contributed by atoms with Gasteiger partial charge in [0.1, 0.15) is 11.6 Å². The quantitative estimate of drug-likeness (QED) is 0.582. The van der Waals surface area contributed by atoms with Crippen LogP contribution in [0.15, 0.2) is 30.4 Å². The van der Waals surface area contributed by atoms with Crippen molar-refractivity contribution in [3.05, 3.63) is 42.0 Å². The van der Waals surface area contributed by atoms with Crippen LogP contribution in [0.3, 0.4) is 0 Å². The van der Waals surface area contributed by atoms with Crippen LogP contribution >= 0.6 is 0 Å². The summed E-state index contributed by atoms with van der Waals surface area (Å²) < 4.78 is 26.8. The van der Waals surface area contributed by atoms with Crippen molar-refractivity contribution in [2.24, 2.45) is 23.7 Å². The molecule has 2 fully saturated rings. The summed E-state index contributed by atoms with van der Waals surface area (Å²) in [6, 6.07) is 2.90. The molecule has 1 saturated heterocycles. The van der Waals surface area contributed by atoms with Crippen molar-refractivity contribution in [1.82, 2.24) is 0 Å². The van der Waals surface area contributed by atoms with Gasteiger partial charge in [-0.25, -0.2) is 13.7 Å². The van der Waals surface area contributed by atoms with Crippen LogP contribution in [0.5, 0.6) is 0 Å².